The average Bonchev–Trinajstić information content (AvgIpc) is 2.93. The molecule has 0 saturated heterocycles. The van der Waals surface area contributed by atoms with E-state index in [-0.39, 0.29) is 19.0 Å². The van der Waals surface area contributed by atoms with Gasteiger partial charge in [-0.25, -0.2) is 4.98 Å². The average molecular weight is 278 g/mol. The van der Waals surface area contributed by atoms with Crippen molar-refractivity contribution in [3.8, 4) is 0 Å². The Labute approximate surface area is 118 Å². The fourth-order valence-corrected chi connectivity index (χ4v) is 1.56. The van der Waals surface area contributed by atoms with Crippen LogP contribution in [0.2, 0.25) is 0 Å². The van der Waals surface area contributed by atoms with Crippen LogP contribution >= 0.6 is 12.4 Å². The number of hydrogen-bond donors (Lipinski definition) is 2. The summed E-state index contributed by atoms with van der Waals surface area (Å²) in [7, 11) is 0. The maximum Gasteiger partial charge on any atom is 0.108 e. The minimum absolute atomic E-state index is 0. The van der Waals surface area contributed by atoms with Gasteiger partial charge >= 0.3 is 0 Å². The first kappa shape index (κ1) is 15.1. The van der Waals surface area contributed by atoms with Crippen molar-refractivity contribution in [1.82, 2.24) is 15.0 Å². The van der Waals surface area contributed by atoms with Crippen LogP contribution in [0.1, 0.15) is 5.82 Å². The van der Waals surface area contributed by atoms with Gasteiger partial charge in [-0.3, -0.25) is 4.98 Å². The maximum atomic E-state index is 8.38. The van der Waals surface area contributed by atoms with Crippen molar-refractivity contribution >= 4 is 23.3 Å². The number of fused-ring (bicyclic) bond motifs is 1. The van der Waals surface area contributed by atoms with Crippen molar-refractivity contribution in [2.45, 2.75) is 6.42 Å². The van der Waals surface area contributed by atoms with E-state index in [1.807, 2.05) is 30.5 Å². The van der Waals surface area contributed by atoms with E-state index in [2.05, 4.69) is 27.1 Å². The van der Waals surface area contributed by atoms with Crippen LogP contribution in [0.3, 0.4) is 0 Å². The molecule has 2 N–H and O–H groups in total. The Balaban J connectivity index is 0.000000185. The number of nitrogens with zero attached hydrogens (tertiary/aromatic N) is 2. The van der Waals surface area contributed by atoms with Crippen LogP contribution in [0.25, 0.3) is 10.9 Å². The second-order valence-electron chi connectivity index (χ2n) is 3.71. The molecule has 0 aliphatic carbocycles. The topological polar surface area (TPSA) is 61.8 Å². The Hall–Kier alpha value is -1.91. The zero-order valence-electron chi connectivity index (χ0n) is 10.4. The van der Waals surface area contributed by atoms with Gasteiger partial charge in [0.15, 0.2) is 0 Å². The second-order valence-corrected chi connectivity index (χ2v) is 3.71. The quantitative estimate of drug-likeness (QED) is 0.757. The van der Waals surface area contributed by atoms with Gasteiger partial charge in [0.2, 0.25) is 0 Å². The molecule has 0 radical (unpaired) electrons. The fraction of sp³-hybridized carbons (Fsp3) is 0.143. The molecule has 0 unspecified atom stereocenters. The zero-order valence-corrected chi connectivity index (χ0v) is 11.2. The summed E-state index contributed by atoms with van der Waals surface area (Å²) >= 11 is 0. The van der Waals surface area contributed by atoms with Gasteiger partial charge in [0, 0.05) is 30.4 Å². The van der Waals surface area contributed by atoms with E-state index >= 15 is 0 Å². The highest BCUT2D eigenvalue weighted by molar-refractivity contribution is 5.85. The first-order chi connectivity index (χ1) is 8.90. The molecule has 2 heterocycles. The van der Waals surface area contributed by atoms with Crippen molar-refractivity contribution in [3.63, 3.8) is 0 Å². The summed E-state index contributed by atoms with van der Waals surface area (Å²) in [6.45, 7) is 0.160. The molecule has 5 heteroatoms. The molecule has 100 valence electrons. The lowest BCUT2D eigenvalue weighted by molar-refractivity contribution is 0.297. The standard InChI is InChI=1S/C9H7N.C5H8N2O.ClH/c1-2-6-9-8(4-1)5-3-7-10-9;8-4-1-5-6-2-3-7-5;/h1-7H;2-3,8H,1,4H2,(H,6,7);1H. The maximum absolute atomic E-state index is 8.38. The number of H-pyrrole nitrogens is 1. The number of hydrogen-bond acceptors (Lipinski definition) is 3. The summed E-state index contributed by atoms with van der Waals surface area (Å²) in [5, 5.41) is 9.58. The van der Waals surface area contributed by atoms with Crippen LogP contribution in [-0.4, -0.2) is 26.7 Å². The number of para-hydroxylation sites is 1. The summed E-state index contributed by atoms with van der Waals surface area (Å²) in [5.41, 5.74) is 1.06. The van der Waals surface area contributed by atoms with E-state index in [4.69, 9.17) is 5.11 Å². The van der Waals surface area contributed by atoms with Gasteiger partial charge in [-0.2, -0.15) is 0 Å². The summed E-state index contributed by atoms with van der Waals surface area (Å²) in [6.07, 6.45) is 5.84. The number of aliphatic hydroxyl groups is 1. The predicted octanol–water partition coefficient (Wildman–Crippen LogP) is 2.60. The highest BCUT2D eigenvalue weighted by Gasteiger charge is 1.88. The number of halogens is 1. The Morgan fingerprint density at radius 2 is 1.79 bits per heavy atom. The third kappa shape index (κ3) is 4.69. The summed E-state index contributed by atoms with van der Waals surface area (Å²) in [5.74, 6) is 0.840. The molecule has 0 fully saturated rings. The Morgan fingerprint density at radius 1 is 1.00 bits per heavy atom. The predicted molar refractivity (Wildman–Crippen MR) is 78.4 cm³/mol. The molecule has 0 aliphatic heterocycles. The van der Waals surface area contributed by atoms with Crippen LogP contribution in [0, 0.1) is 0 Å². The smallest absolute Gasteiger partial charge is 0.108 e. The number of benzene rings is 1. The molecule has 1 aromatic carbocycles. The molecule has 2 aromatic heterocycles. The van der Waals surface area contributed by atoms with Gasteiger partial charge in [0.05, 0.1) is 12.1 Å². The molecular weight excluding hydrogens is 262 g/mol. The monoisotopic (exact) mass is 277 g/mol. The molecule has 3 rings (SSSR count). The molecule has 0 aliphatic rings. The highest BCUT2D eigenvalue weighted by atomic mass is 35.5. The molecule has 0 bridgehead atoms. The lowest BCUT2D eigenvalue weighted by Crippen LogP contribution is -1.91. The van der Waals surface area contributed by atoms with Crippen LogP contribution in [0.5, 0.6) is 0 Å². The number of aliphatic hydroxyl groups excluding tert-OH is 1. The number of imidazole rings is 1. The summed E-state index contributed by atoms with van der Waals surface area (Å²) in [6, 6.07) is 12.1. The van der Waals surface area contributed by atoms with E-state index in [0.717, 1.165) is 11.3 Å². The van der Waals surface area contributed by atoms with Gasteiger partial charge in [-0.15, -0.1) is 12.4 Å². The van der Waals surface area contributed by atoms with Gasteiger partial charge in [0.25, 0.3) is 0 Å². The van der Waals surface area contributed by atoms with Crippen molar-refractivity contribution < 1.29 is 5.11 Å². The van der Waals surface area contributed by atoms with Crippen molar-refractivity contribution in [2.75, 3.05) is 6.61 Å². The van der Waals surface area contributed by atoms with Gasteiger partial charge < -0.3 is 10.1 Å². The van der Waals surface area contributed by atoms with E-state index < -0.39 is 0 Å². The molecule has 0 amide bonds. The Kier molecular flexibility index (Phi) is 6.57. The van der Waals surface area contributed by atoms with Crippen LogP contribution < -0.4 is 0 Å². The first-order valence-corrected chi connectivity index (χ1v) is 5.79. The lowest BCUT2D eigenvalue weighted by atomic mass is 10.2. The van der Waals surface area contributed by atoms with E-state index in [1.165, 1.54) is 5.39 Å². The number of nitrogens with one attached hydrogen (secondary N) is 1. The summed E-state index contributed by atoms with van der Waals surface area (Å²) < 4.78 is 0. The van der Waals surface area contributed by atoms with Crippen molar-refractivity contribution in [1.29, 1.82) is 0 Å². The largest absolute Gasteiger partial charge is 0.396 e. The summed E-state index contributed by atoms with van der Waals surface area (Å²) in [4.78, 5) is 10.9. The number of aromatic amines is 1. The minimum atomic E-state index is 0. The van der Waals surface area contributed by atoms with Gasteiger partial charge in [-0.05, 0) is 12.1 Å². The molecular formula is C14H16ClN3O. The van der Waals surface area contributed by atoms with E-state index in [1.54, 1.807) is 12.4 Å². The number of aromatic nitrogens is 3. The molecule has 0 atom stereocenters. The van der Waals surface area contributed by atoms with Crippen molar-refractivity contribution in [2.24, 2.45) is 0 Å². The van der Waals surface area contributed by atoms with Crippen molar-refractivity contribution in [3.05, 3.63) is 60.8 Å². The third-order valence-corrected chi connectivity index (χ3v) is 2.42. The van der Waals surface area contributed by atoms with E-state index in [9.17, 15) is 0 Å². The lowest BCUT2D eigenvalue weighted by Gasteiger charge is -1.91. The Morgan fingerprint density at radius 3 is 2.47 bits per heavy atom. The second kappa shape index (κ2) is 8.24. The fourth-order valence-electron chi connectivity index (χ4n) is 1.56. The van der Waals surface area contributed by atoms with Crippen LogP contribution in [0.4, 0.5) is 0 Å². The SMILES string of the molecule is Cl.OCCc1ncc[nH]1.c1ccc2ncccc2c1. The highest BCUT2D eigenvalue weighted by Crippen LogP contribution is 2.07. The molecule has 0 spiro atoms. The molecule has 3 aromatic rings. The van der Waals surface area contributed by atoms with Crippen LogP contribution in [0.15, 0.2) is 55.0 Å². The third-order valence-electron chi connectivity index (χ3n) is 2.42. The normalized spacial score (nSPS) is 9.32. The van der Waals surface area contributed by atoms with Gasteiger partial charge in [-0.1, -0.05) is 24.3 Å². The first-order valence-electron chi connectivity index (χ1n) is 5.79. The van der Waals surface area contributed by atoms with E-state index in [0.29, 0.717) is 6.42 Å². The number of rotatable bonds is 2. The minimum Gasteiger partial charge on any atom is -0.396 e. The van der Waals surface area contributed by atoms with Crippen LogP contribution in [-0.2, 0) is 6.42 Å². The zero-order chi connectivity index (χ0) is 12.6. The molecule has 0 saturated carbocycles. The van der Waals surface area contributed by atoms with Gasteiger partial charge in [0.1, 0.15) is 5.82 Å². The molecule has 4 nitrogen and oxygen atoms in total. The number of pyridine rings is 1. The Bertz CT molecular complexity index is 519. The molecule has 19 heavy (non-hydrogen) atoms.